The molecule has 0 fully saturated rings. The molecule has 19 heavy (non-hydrogen) atoms. The zero-order valence-electron chi connectivity index (χ0n) is 11.0. The lowest BCUT2D eigenvalue weighted by atomic mass is 10.3. The van der Waals surface area contributed by atoms with Crippen molar-refractivity contribution < 1.29 is 4.79 Å². The van der Waals surface area contributed by atoms with Gasteiger partial charge in [0, 0.05) is 25.0 Å². The third kappa shape index (κ3) is 3.65. The van der Waals surface area contributed by atoms with Crippen molar-refractivity contribution in [2.75, 3.05) is 19.6 Å². The van der Waals surface area contributed by atoms with Gasteiger partial charge in [-0.2, -0.15) is 5.10 Å². The van der Waals surface area contributed by atoms with E-state index in [0.29, 0.717) is 17.8 Å². The van der Waals surface area contributed by atoms with E-state index in [9.17, 15) is 4.79 Å². The fourth-order valence-electron chi connectivity index (χ4n) is 1.66. The van der Waals surface area contributed by atoms with Crippen molar-refractivity contribution in [3.8, 4) is 0 Å². The van der Waals surface area contributed by atoms with E-state index < -0.39 is 0 Å². The van der Waals surface area contributed by atoms with Gasteiger partial charge < -0.3 is 10.6 Å². The Kier molecular flexibility index (Phi) is 5.72. The lowest BCUT2D eigenvalue weighted by Crippen LogP contribution is -2.31. The van der Waals surface area contributed by atoms with Gasteiger partial charge in [0.25, 0.3) is 5.91 Å². The molecule has 2 rings (SSSR count). The van der Waals surface area contributed by atoms with Gasteiger partial charge in [-0.05, 0) is 19.5 Å². The summed E-state index contributed by atoms with van der Waals surface area (Å²) in [4.78, 5) is 16.3. The van der Waals surface area contributed by atoms with Crippen molar-refractivity contribution in [1.82, 2.24) is 25.2 Å². The number of halogens is 1. The Morgan fingerprint density at radius 1 is 1.42 bits per heavy atom. The molecule has 0 spiro atoms. The van der Waals surface area contributed by atoms with Crippen LogP contribution in [0.25, 0.3) is 5.65 Å². The summed E-state index contributed by atoms with van der Waals surface area (Å²) in [6.45, 7) is 6.16. The van der Waals surface area contributed by atoms with Crippen LogP contribution in [0.1, 0.15) is 23.0 Å². The maximum absolute atomic E-state index is 12.0. The minimum absolute atomic E-state index is 0. The highest BCUT2D eigenvalue weighted by molar-refractivity contribution is 5.99. The quantitative estimate of drug-likeness (QED) is 0.796. The number of nitrogens with one attached hydrogen (secondary N) is 2. The second-order valence-electron chi connectivity index (χ2n) is 4.00. The molecule has 0 radical (unpaired) electrons. The number of fused-ring (bicyclic) bond motifs is 1. The molecule has 0 atom stereocenters. The fourth-order valence-corrected chi connectivity index (χ4v) is 1.66. The molecule has 0 saturated carbocycles. The van der Waals surface area contributed by atoms with Gasteiger partial charge in [-0.3, -0.25) is 4.79 Å². The number of carbonyl (C=O) groups excluding carboxylic acids is 1. The van der Waals surface area contributed by atoms with Crippen LogP contribution in [-0.2, 0) is 0 Å². The van der Waals surface area contributed by atoms with Gasteiger partial charge in [0.05, 0.1) is 6.20 Å². The molecule has 0 saturated heterocycles. The zero-order chi connectivity index (χ0) is 13.0. The molecule has 2 aromatic rings. The van der Waals surface area contributed by atoms with Crippen molar-refractivity contribution in [3.63, 3.8) is 0 Å². The number of aryl methyl sites for hydroxylation is 1. The summed E-state index contributed by atoms with van der Waals surface area (Å²) in [5, 5.41) is 10.1. The van der Waals surface area contributed by atoms with E-state index in [4.69, 9.17) is 0 Å². The van der Waals surface area contributed by atoms with Crippen LogP contribution in [0.4, 0.5) is 0 Å². The molecule has 0 aromatic carbocycles. The Morgan fingerprint density at radius 3 is 2.95 bits per heavy atom. The van der Waals surface area contributed by atoms with Crippen molar-refractivity contribution in [2.45, 2.75) is 13.8 Å². The summed E-state index contributed by atoms with van der Waals surface area (Å²) >= 11 is 0. The average molecular weight is 284 g/mol. The molecule has 2 aromatic heterocycles. The van der Waals surface area contributed by atoms with Gasteiger partial charge in [-0.25, -0.2) is 9.50 Å². The van der Waals surface area contributed by atoms with Crippen LogP contribution < -0.4 is 10.6 Å². The van der Waals surface area contributed by atoms with Crippen molar-refractivity contribution >= 4 is 24.0 Å². The minimum atomic E-state index is -0.138. The lowest BCUT2D eigenvalue weighted by Gasteiger charge is -2.04. The summed E-state index contributed by atoms with van der Waals surface area (Å²) in [7, 11) is 0. The Labute approximate surface area is 118 Å². The summed E-state index contributed by atoms with van der Waals surface area (Å²) in [5.41, 5.74) is 1.97. The van der Waals surface area contributed by atoms with Crippen LogP contribution in [0, 0.1) is 6.92 Å². The van der Waals surface area contributed by atoms with E-state index in [1.807, 2.05) is 19.9 Å². The highest BCUT2D eigenvalue weighted by atomic mass is 35.5. The van der Waals surface area contributed by atoms with Gasteiger partial charge in [-0.15, -0.1) is 12.4 Å². The summed E-state index contributed by atoms with van der Waals surface area (Å²) in [5.74, 6) is -0.138. The highest BCUT2D eigenvalue weighted by Crippen LogP contribution is 2.08. The fraction of sp³-hybridized carbons (Fsp3) is 0.417. The van der Waals surface area contributed by atoms with Gasteiger partial charge in [-0.1, -0.05) is 6.92 Å². The molecule has 2 N–H and O–H groups in total. The number of likely N-dealkylation sites (N-methyl/N-ethyl adjacent to an activating group) is 1. The van der Waals surface area contributed by atoms with Crippen molar-refractivity contribution in [3.05, 3.63) is 29.7 Å². The van der Waals surface area contributed by atoms with Crippen LogP contribution >= 0.6 is 12.4 Å². The van der Waals surface area contributed by atoms with Gasteiger partial charge in [0.15, 0.2) is 5.65 Å². The number of aromatic nitrogens is 3. The Bertz CT molecular complexity index is 554. The van der Waals surface area contributed by atoms with Crippen LogP contribution in [0.3, 0.4) is 0 Å². The molecule has 0 unspecified atom stereocenters. The normalized spacial score (nSPS) is 10.2. The first-order chi connectivity index (χ1) is 8.72. The first-order valence-electron chi connectivity index (χ1n) is 6.02. The van der Waals surface area contributed by atoms with E-state index in [1.54, 1.807) is 16.9 Å². The number of nitrogens with zero attached hydrogens (tertiary/aromatic N) is 3. The van der Waals surface area contributed by atoms with E-state index in [1.165, 1.54) is 0 Å². The molecule has 0 aliphatic carbocycles. The smallest absolute Gasteiger partial charge is 0.256 e. The lowest BCUT2D eigenvalue weighted by molar-refractivity contribution is 0.0955. The maximum Gasteiger partial charge on any atom is 0.256 e. The Morgan fingerprint density at radius 2 is 2.21 bits per heavy atom. The molecular weight excluding hydrogens is 266 g/mol. The van der Waals surface area contributed by atoms with Gasteiger partial charge in [0.1, 0.15) is 5.56 Å². The molecule has 104 valence electrons. The van der Waals surface area contributed by atoms with E-state index in [0.717, 1.165) is 18.8 Å². The maximum atomic E-state index is 12.0. The molecule has 0 bridgehead atoms. The first-order valence-corrected chi connectivity index (χ1v) is 6.02. The Balaban J connectivity index is 0.00000180. The SMILES string of the molecule is CCNCCNC(=O)c1cnn2ccc(C)nc12.Cl. The number of hydrogen-bond donors (Lipinski definition) is 2. The summed E-state index contributed by atoms with van der Waals surface area (Å²) in [6.07, 6.45) is 3.34. The monoisotopic (exact) mass is 283 g/mol. The number of rotatable bonds is 5. The van der Waals surface area contributed by atoms with E-state index >= 15 is 0 Å². The molecule has 1 amide bonds. The van der Waals surface area contributed by atoms with Gasteiger partial charge in [0.2, 0.25) is 0 Å². The van der Waals surface area contributed by atoms with Crippen LogP contribution in [0.15, 0.2) is 18.5 Å². The second kappa shape index (κ2) is 7.06. The van der Waals surface area contributed by atoms with Gasteiger partial charge >= 0.3 is 0 Å². The third-order valence-corrected chi connectivity index (χ3v) is 2.59. The predicted octanol–water partition coefficient (Wildman–Crippen LogP) is 0.799. The highest BCUT2D eigenvalue weighted by Gasteiger charge is 2.13. The Hall–Kier alpha value is -1.66. The summed E-state index contributed by atoms with van der Waals surface area (Å²) in [6, 6.07) is 1.85. The predicted molar refractivity (Wildman–Crippen MR) is 75.8 cm³/mol. The van der Waals surface area contributed by atoms with Crippen LogP contribution in [0.5, 0.6) is 0 Å². The second-order valence-corrected chi connectivity index (χ2v) is 4.00. The van der Waals surface area contributed by atoms with Crippen molar-refractivity contribution in [2.24, 2.45) is 0 Å². The average Bonchev–Trinajstić information content (AvgIpc) is 2.77. The zero-order valence-corrected chi connectivity index (χ0v) is 11.8. The largest absolute Gasteiger partial charge is 0.351 e. The van der Waals surface area contributed by atoms with Crippen LogP contribution in [-0.4, -0.2) is 40.1 Å². The molecule has 0 aliphatic rings. The van der Waals surface area contributed by atoms with Crippen LogP contribution in [0.2, 0.25) is 0 Å². The van der Waals surface area contributed by atoms with Crippen molar-refractivity contribution in [1.29, 1.82) is 0 Å². The summed E-state index contributed by atoms with van der Waals surface area (Å²) < 4.78 is 1.60. The number of hydrogen-bond acceptors (Lipinski definition) is 4. The van der Waals surface area contributed by atoms with E-state index in [-0.39, 0.29) is 18.3 Å². The first kappa shape index (κ1) is 15.4. The third-order valence-electron chi connectivity index (χ3n) is 2.59. The molecule has 2 heterocycles. The molecule has 6 nitrogen and oxygen atoms in total. The standard InChI is InChI=1S/C12H17N5O.ClH/c1-3-13-5-6-14-12(18)10-8-15-17-7-4-9(2)16-11(10)17;/h4,7-8,13H,3,5-6H2,1-2H3,(H,14,18);1H. The molecule has 7 heteroatoms. The molecular formula is C12H18ClN5O. The number of carbonyl (C=O) groups is 1. The van der Waals surface area contributed by atoms with E-state index in [2.05, 4.69) is 20.7 Å². The topological polar surface area (TPSA) is 71.3 Å². The molecule has 0 aliphatic heterocycles. The number of amides is 1. The minimum Gasteiger partial charge on any atom is -0.351 e.